The summed E-state index contributed by atoms with van der Waals surface area (Å²) in [6, 6.07) is 0. The minimum atomic E-state index is -4.43. The van der Waals surface area contributed by atoms with E-state index in [1.165, 1.54) is 11.5 Å². The van der Waals surface area contributed by atoms with Crippen LogP contribution in [-0.4, -0.2) is 46.6 Å². The molecule has 1 atom stereocenters. The van der Waals surface area contributed by atoms with Crippen LogP contribution in [0.25, 0.3) is 0 Å². The van der Waals surface area contributed by atoms with Gasteiger partial charge in [-0.25, -0.2) is 21.6 Å². The van der Waals surface area contributed by atoms with E-state index >= 15 is 0 Å². The van der Waals surface area contributed by atoms with Gasteiger partial charge in [0, 0.05) is 25.5 Å². The first-order chi connectivity index (χ1) is 14.3. The number of hydrogen-bond donors (Lipinski definition) is 1. The second-order valence-electron chi connectivity index (χ2n) is 7.97. The van der Waals surface area contributed by atoms with Gasteiger partial charge in [0.05, 0.1) is 21.1 Å². The van der Waals surface area contributed by atoms with E-state index < -0.39 is 56.2 Å². The van der Waals surface area contributed by atoms with Crippen molar-refractivity contribution >= 4 is 27.5 Å². The summed E-state index contributed by atoms with van der Waals surface area (Å²) in [5.74, 6) is -8.41. The maximum Gasteiger partial charge on any atom is 0.303 e. The van der Waals surface area contributed by atoms with Gasteiger partial charge in [-0.15, -0.1) is 0 Å². The summed E-state index contributed by atoms with van der Waals surface area (Å²) in [6.07, 6.45) is 1.49. The number of aliphatic carboxylic acids is 1. The molecule has 0 aliphatic carbocycles. The molecule has 1 unspecified atom stereocenters. The van der Waals surface area contributed by atoms with Crippen molar-refractivity contribution in [2.24, 2.45) is 0 Å². The molecule has 6 nitrogen and oxygen atoms in total. The first-order valence-electron chi connectivity index (χ1n) is 9.94. The minimum Gasteiger partial charge on any atom is -0.748 e. The van der Waals surface area contributed by atoms with Crippen LogP contribution < -0.4 is 0 Å². The molecular formula is C20H25F4NO5S. The Labute approximate surface area is 178 Å². The lowest BCUT2D eigenvalue weighted by molar-refractivity contribution is -0.442. The van der Waals surface area contributed by atoms with Crippen molar-refractivity contribution in [1.29, 1.82) is 0 Å². The summed E-state index contributed by atoms with van der Waals surface area (Å²) in [6.45, 7) is 3.26. The Morgan fingerprint density at radius 1 is 1.00 bits per heavy atom. The molecule has 0 fully saturated rings. The lowest BCUT2D eigenvalue weighted by Crippen LogP contribution is -2.31. The molecule has 0 aromatic heterocycles. The van der Waals surface area contributed by atoms with Gasteiger partial charge in [0.1, 0.15) is 6.54 Å². The van der Waals surface area contributed by atoms with Gasteiger partial charge in [0.25, 0.3) is 5.69 Å². The van der Waals surface area contributed by atoms with Crippen molar-refractivity contribution in [3.05, 3.63) is 28.8 Å². The van der Waals surface area contributed by atoms with Gasteiger partial charge >= 0.3 is 5.97 Å². The molecule has 1 aromatic carbocycles. The quantitative estimate of drug-likeness (QED) is 0.133. The number of unbranched alkanes of at least 4 members (excludes halogenated alkanes) is 3. The smallest absolute Gasteiger partial charge is 0.303 e. The van der Waals surface area contributed by atoms with Crippen LogP contribution in [0, 0.1) is 23.3 Å². The molecule has 1 aliphatic rings. The monoisotopic (exact) mass is 467 g/mol. The van der Waals surface area contributed by atoms with Gasteiger partial charge in [-0.1, -0.05) is 6.42 Å². The van der Waals surface area contributed by atoms with Gasteiger partial charge in [-0.05, 0) is 32.6 Å². The molecule has 2 rings (SSSR count). The fourth-order valence-corrected chi connectivity index (χ4v) is 4.65. The molecule has 0 amide bonds. The summed E-state index contributed by atoms with van der Waals surface area (Å²) >= 11 is 0. The zero-order valence-corrected chi connectivity index (χ0v) is 18.1. The van der Waals surface area contributed by atoms with Gasteiger partial charge in [0.2, 0.25) is 11.6 Å². The molecule has 1 heterocycles. The Hall–Kier alpha value is -2.01. The maximum absolute atomic E-state index is 14.8. The molecular weight excluding hydrogens is 442 g/mol. The second kappa shape index (κ2) is 9.64. The summed E-state index contributed by atoms with van der Waals surface area (Å²) in [4.78, 5) is 10.6. The van der Waals surface area contributed by atoms with Crippen molar-refractivity contribution in [2.45, 2.75) is 64.2 Å². The molecule has 11 heteroatoms. The van der Waals surface area contributed by atoms with Gasteiger partial charge in [-0.3, -0.25) is 4.79 Å². The maximum atomic E-state index is 14.8. The number of halogens is 4. The van der Waals surface area contributed by atoms with E-state index in [-0.39, 0.29) is 37.8 Å². The Kier molecular flexibility index (Phi) is 7.85. The molecule has 0 saturated carbocycles. The van der Waals surface area contributed by atoms with Crippen LogP contribution in [0.3, 0.4) is 0 Å². The highest BCUT2D eigenvalue weighted by molar-refractivity contribution is 7.85. The van der Waals surface area contributed by atoms with E-state index in [0.717, 1.165) is 0 Å². The van der Waals surface area contributed by atoms with Crippen LogP contribution in [0.15, 0.2) is 0 Å². The highest BCUT2D eigenvalue weighted by Gasteiger charge is 2.51. The molecule has 1 N–H and O–H groups in total. The number of carbonyl (C=O) groups is 1. The number of nitrogens with zero attached hydrogens (tertiary/aromatic N) is 1. The largest absolute Gasteiger partial charge is 0.748 e. The Balaban J connectivity index is 2.37. The third kappa shape index (κ3) is 5.43. The van der Waals surface area contributed by atoms with Gasteiger partial charge in [0.15, 0.2) is 17.3 Å². The number of benzene rings is 1. The molecule has 0 bridgehead atoms. The standard InChI is InChI=1S/C20H25F4NO5S/c1-12-20(2,9-5-7-11-31(28,29)30)14-15(21)16(22)17(23)18(24)19(14)25(12)10-6-3-4-8-13(26)27/h3-11H2,1-2H3,(H-,26,27,28,29,30). The van der Waals surface area contributed by atoms with E-state index in [4.69, 9.17) is 5.11 Å². The third-order valence-corrected chi connectivity index (χ3v) is 6.65. The Morgan fingerprint density at radius 2 is 1.61 bits per heavy atom. The normalized spacial score (nSPS) is 18.5. The highest BCUT2D eigenvalue weighted by atomic mass is 32.2. The SMILES string of the molecule is CC1=[N+](CCCCCC(=O)O)c2c(F)c(F)c(F)c(F)c2C1(C)CCCCS(=O)(=O)[O-]. The van der Waals surface area contributed by atoms with E-state index in [1.54, 1.807) is 6.92 Å². The molecule has 174 valence electrons. The van der Waals surface area contributed by atoms with Crippen LogP contribution in [0.1, 0.15) is 64.4 Å². The van der Waals surface area contributed by atoms with E-state index in [2.05, 4.69) is 0 Å². The van der Waals surface area contributed by atoms with E-state index in [1.807, 2.05) is 0 Å². The molecule has 1 aliphatic heterocycles. The van der Waals surface area contributed by atoms with Crippen molar-refractivity contribution < 1.29 is 45.0 Å². The predicted molar refractivity (Wildman–Crippen MR) is 104 cm³/mol. The summed E-state index contributed by atoms with van der Waals surface area (Å²) in [5, 5.41) is 8.70. The van der Waals surface area contributed by atoms with Crippen molar-refractivity contribution in [3.63, 3.8) is 0 Å². The average Bonchev–Trinajstić information content (AvgIpc) is 2.89. The van der Waals surface area contributed by atoms with Crippen LogP contribution in [0.2, 0.25) is 0 Å². The van der Waals surface area contributed by atoms with Crippen molar-refractivity contribution in [1.82, 2.24) is 0 Å². The van der Waals surface area contributed by atoms with Crippen molar-refractivity contribution in [3.8, 4) is 0 Å². The van der Waals surface area contributed by atoms with Crippen LogP contribution in [0.5, 0.6) is 0 Å². The fraction of sp³-hybridized carbons (Fsp3) is 0.600. The van der Waals surface area contributed by atoms with E-state index in [0.29, 0.717) is 25.0 Å². The molecule has 31 heavy (non-hydrogen) atoms. The first-order valence-corrected chi connectivity index (χ1v) is 11.5. The highest BCUT2D eigenvalue weighted by Crippen LogP contribution is 2.47. The summed E-state index contributed by atoms with van der Waals surface area (Å²) < 4.78 is 91.3. The predicted octanol–water partition coefficient (Wildman–Crippen LogP) is 3.98. The first kappa shape index (κ1) is 25.3. The molecule has 0 saturated heterocycles. The molecule has 1 aromatic rings. The van der Waals surface area contributed by atoms with Crippen molar-refractivity contribution in [2.75, 3.05) is 12.3 Å². The number of hydrogen-bond acceptors (Lipinski definition) is 4. The zero-order valence-electron chi connectivity index (χ0n) is 17.3. The fourth-order valence-electron chi connectivity index (χ4n) is 4.09. The summed E-state index contributed by atoms with van der Waals surface area (Å²) in [5.41, 5.74) is -1.53. The molecule has 0 spiro atoms. The Bertz CT molecular complexity index is 1010. The van der Waals surface area contributed by atoms with E-state index in [9.17, 15) is 35.3 Å². The lowest BCUT2D eigenvalue weighted by atomic mass is 9.75. The van der Waals surface area contributed by atoms with Crippen LogP contribution in [0.4, 0.5) is 23.2 Å². The third-order valence-electron chi connectivity index (χ3n) is 5.86. The number of carboxylic acids is 1. The number of rotatable bonds is 11. The number of carboxylic acid groups (broad SMARTS) is 1. The van der Waals surface area contributed by atoms with Gasteiger partial charge in [-0.2, -0.15) is 8.97 Å². The average molecular weight is 467 g/mol. The second-order valence-corrected chi connectivity index (χ2v) is 9.50. The van der Waals surface area contributed by atoms with Gasteiger partial charge < -0.3 is 9.66 Å². The number of fused-ring (bicyclic) bond motifs is 1. The lowest BCUT2D eigenvalue weighted by Gasteiger charge is -2.23. The Morgan fingerprint density at radius 3 is 2.19 bits per heavy atom. The zero-order chi connectivity index (χ0) is 23.6. The topological polar surface area (TPSA) is 97.5 Å². The van der Waals surface area contributed by atoms with Crippen LogP contribution >= 0.6 is 0 Å². The summed E-state index contributed by atoms with van der Waals surface area (Å²) in [7, 11) is -4.43. The molecule has 0 radical (unpaired) electrons. The van der Waals surface area contributed by atoms with Crippen LogP contribution in [-0.2, 0) is 20.3 Å². The minimum absolute atomic E-state index is 0.00694.